The number of aromatic nitrogens is 3. The zero-order chi connectivity index (χ0) is 21.6. The number of carbonyl (C=O) groups is 1. The molecular weight excluding hydrogens is 395 g/mol. The van der Waals surface area contributed by atoms with E-state index in [0.717, 1.165) is 24.5 Å². The summed E-state index contributed by atoms with van der Waals surface area (Å²) < 4.78 is 15.6. The third-order valence-corrected chi connectivity index (χ3v) is 5.52. The van der Waals surface area contributed by atoms with Crippen LogP contribution in [-0.4, -0.2) is 33.7 Å². The van der Waals surface area contributed by atoms with Crippen LogP contribution in [0.15, 0.2) is 55.0 Å². The second kappa shape index (κ2) is 9.59. The third-order valence-electron chi connectivity index (χ3n) is 5.52. The fourth-order valence-electron chi connectivity index (χ4n) is 3.83. The van der Waals surface area contributed by atoms with Crippen LogP contribution in [0.3, 0.4) is 0 Å². The van der Waals surface area contributed by atoms with Crippen molar-refractivity contribution in [1.82, 2.24) is 25.2 Å². The number of nitrogens with zero attached hydrogens (tertiary/aromatic N) is 4. The minimum Gasteiger partial charge on any atom is -0.357 e. The van der Waals surface area contributed by atoms with Gasteiger partial charge >= 0.3 is 6.03 Å². The van der Waals surface area contributed by atoms with Crippen LogP contribution in [0.4, 0.5) is 15.0 Å². The first-order chi connectivity index (χ1) is 15.1. The number of urea groups is 1. The molecule has 1 fully saturated rings. The second-order valence-corrected chi connectivity index (χ2v) is 7.78. The van der Waals surface area contributed by atoms with Crippen molar-refractivity contribution in [2.45, 2.75) is 31.8 Å². The molecule has 0 bridgehead atoms. The van der Waals surface area contributed by atoms with Gasteiger partial charge in [-0.1, -0.05) is 18.2 Å². The van der Waals surface area contributed by atoms with Crippen molar-refractivity contribution >= 4 is 11.8 Å². The molecule has 8 heteroatoms. The highest BCUT2D eigenvalue weighted by molar-refractivity contribution is 5.74. The molecule has 1 aliphatic rings. The molecule has 1 aliphatic heterocycles. The highest BCUT2D eigenvalue weighted by Gasteiger charge is 2.21. The van der Waals surface area contributed by atoms with Gasteiger partial charge in [-0.2, -0.15) is 0 Å². The van der Waals surface area contributed by atoms with Gasteiger partial charge in [0.25, 0.3) is 0 Å². The Kier molecular flexibility index (Phi) is 6.45. The maximum Gasteiger partial charge on any atom is 0.315 e. The van der Waals surface area contributed by atoms with Gasteiger partial charge < -0.3 is 20.1 Å². The maximum absolute atomic E-state index is 13.8. The lowest BCUT2D eigenvalue weighted by Crippen LogP contribution is -2.39. The Morgan fingerprint density at radius 2 is 2.00 bits per heavy atom. The molecule has 7 nitrogen and oxygen atoms in total. The fourth-order valence-corrected chi connectivity index (χ4v) is 3.83. The van der Waals surface area contributed by atoms with E-state index in [1.165, 1.54) is 31.4 Å². The average molecular weight is 423 g/mol. The van der Waals surface area contributed by atoms with Gasteiger partial charge in [-0.15, -0.1) is 0 Å². The summed E-state index contributed by atoms with van der Waals surface area (Å²) in [4.78, 5) is 23.8. The van der Waals surface area contributed by atoms with Crippen molar-refractivity contribution in [2.75, 3.05) is 18.0 Å². The Bertz CT molecular complexity index is 1010. The largest absolute Gasteiger partial charge is 0.357 e. The zero-order valence-corrected chi connectivity index (χ0v) is 17.6. The maximum atomic E-state index is 13.8. The number of rotatable bonds is 6. The van der Waals surface area contributed by atoms with Crippen LogP contribution in [0.25, 0.3) is 0 Å². The first-order valence-corrected chi connectivity index (χ1v) is 10.6. The SMILES string of the molecule is Cn1ccnc1C(NC(=O)NCc1ccc(N2CCCCC2)nc1)c1cccc(F)c1. The van der Waals surface area contributed by atoms with Crippen molar-refractivity contribution < 1.29 is 9.18 Å². The summed E-state index contributed by atoms with van der Waals surface area (Å²) >= 11 is 0. The molecule has 3 aromatic rings. The number of hydrogen-bond acceptors (Lipinski definition) is 4. The average Bonchev–Trinajstić information content (AvgIpc) is 3.22. The molecule has 4 rings (SSSR count). The number of aryl methyl sites for hydroxylation is 1. The first kappa shape index (κ1) is 20.8. The molecule has 1 aromatic carbocycles. The summed E-state index contributed by atoms with van der Waals surface area (Å²) in [6, 6.07) is 9.22. The van der Waals surface area contributed by atoms with Gasteiger partial charge in [0, 0.05) is 45.3 Å². The highest BCUT2D eigenvalue weighted by Crippen LogP contribution is 2.21. The molecule has 2 aromatic heterocycles. The molecule has 0 radical (unpaired) electrons. The highest BCUT2D eigenvalue weighted by atomic mass is 19.1. The van der Waals surface area contributed by atoms with Crippen LogP contribution < -0.4 is 15.5 Å². The van der Waals surface area contributed by atoms with E-state index in [2.05, 4.69) is 25.5 Å². The predicted molar refractivity (Wildman–Crippen MR) is 117 cm³/mol. The molecule has 162 valence electrons. The van der Waals surface area contributed by atoms with E-state index in [-0.39, 0.29) is 11.8 Å². The van der Waals surface area contributed by atoms with E-state index in [9.17, 15) is 9.18 Å². The summed E-state index contributed by atoms with van der Waals surface area (Å²) in [5, 5.41) is 5.77. The van der Waals surface area contributed by atoms with Gasteiger partial charge in [-0.05, 0) is 48.6 Å². The molecule has 0 saturated carbocycles. The summed E-state index contributed by atoms with van der Waals surface area (Å²) in [7, 11) is 1.84. The van der Waals surface area contributed by atoms with Gasteiger partial charge in [0.1, 0.15) is 23.5 Å². The van der Waals surface area contributed by atoms with Crippen molar-refractivity contribution in [1.29, 1.82) is 0 Å². The van der Waals surface area contributed by atoms with Gasteiger partial charge in [0.2, 0.25) is 0 Å². The van der Waals surface area contributed by atoms with Gasteiger partial charge in [0.05, 0.1) is 0 Å². The number of halogens is 1. The summed E-state index contributed by atoms with van der Waals surface area (Å²) in [6.45, 7) is 2.43. The molecule has 0 aliphatic carbocycles. The normalized spacial score (nSPS) is 14.8. The summed E-state index contributed by atoms with van der Waals surface area (Å²) in [5.41, 5.74) is 1.53. The Balaban J connectivity index is 1.39. The predicted octanol–water partition coefficient (Wildman–Crippen LogP) is 3.53. The van der Waals surface area contributed by atoms with Crippen LogP contribution in [0, 0.1) is 5.82 Å². The zero-order valence-electron chi connectivity index (χ0n) is 17.6. The number of carbonyl (C=O) groups excluding carboxylic acids is 1. The Hall–Kier alpha value is -3.42. The lowest BCUT2D eigenvalue weighted by molar-refractivity contribution is 0.237. The standard InChI is InChI=1S/C23H27FN6O/c1-29-13-10-25-22(29)21(18-6-5-7-19(24)14-18)28-23(31)27-16-17-8-9-20(26-15-17)30-11-3-2-4-12-30/h5-10,13-15,21H,2-4,11-12,16H2,1H3,(H2,27,28,31). The van der Waals surface area contributed by atoms with Crippen molar-refractivity contribution in [3.63, 3.8) is 0 Å². The second-order valence-electron chi connectivity index (χ2n) is 7.78. The topological polar surface area (TPSA) is 75.1 Å². The van der Waals surface area contributed by atoms with Gasteiger partial charge in [-0.25, -0.2) is 19.2 Å². The molecule has 1 saturated heterocycles. The van der Waals surface area contributed by atoms with Crippen molar-refractivity contribution in [2.24, 2.45) is 7.05 Å². The smallest absolute Gasteiger partial charge is 0.315 e. The molecule has 1 atom stereocenters. The van der Waals surface area contributed by atoms with Crippen molar-refractivity contribution in [3.8, 4) is 0 Å². The Labute approximate surface area is 181 Å². The van der Waals surface area contributed by atoms with Gasteiger partial charge in [-0.3, -0.25) is 0 Å². The van der Waals surface area contributed by atoms with Crippen LogP contribution in [0.2, 0.25) is 0 Å². The summed E-state index contributed by atoms with van der Waals surface area (Å²) in [5.74, 6) is 1.24. The van der Waals surface area contributed by atoms with E-state index < -0.39 is 6.04 Å². The lowest BCUT2D eigenvalue weighted by Gasteiger charge is -2.27. The minimum absolute atomic E-state index is 0.343. The molecule has 1 unspecified atom stereocenters. The molecule has 0 spiro atoms. The third kappa shape index (κ3) is 5.20. The quantitative estimate of drug-likeness (QED) is 0.637. The van der Waals surface area contributed by atoms with Crippen molar-refractivity contribution in [3.05, 3.63) is 77.8 Å². The number of amides is 2. The van der Waals surface area contributed by atoms with E-state index in [1.54, 1.807) is 35.3 Å². The van der Waals surface area contributed by atoms with E-state index in [0.29, 0.717) is 17.9 Å². The Morgan fingerprint density at radius 3 is 2.68 bits per heavy atom. The van der Waals surface area contributed by atoms with E-state index in [1.807, 2.05) is 19.2 Å². The lowest BCUT2D eigenvalue weighted by atomic mass is 10.1. The monoisotopic (exact) mass is 422 g/mol. The number of piperidine rings is 1. The summed E-state index contributed by atoms with van der Waals surface area (Å²) in [6.07, 6.45) is 8.92. The van der Waals surface area contributed by atoms with Crippen LogP contribution >= 0.6 is 0 Å². The van der Waals surface area contributed by atoms with Crippen LogP contribution in [-0.2, 0) is 13.6 Å². The number of hydrogen-bond donors (Lipinski definition) is 2. The van der Waals surface area contributed by atoms with Crippen LogP contribution in [0.5, 0.6) is 0 Å². The first-order valence-electron chi connectivity index (χ1n) is 10.6. The number of nitrogens with one attached hydrogen (secondary N) is 2. The van der Waals surface area contributed by atoms with E-state index in [4.69, 9.17) is 0 Å². The molecule has 2 amide bonds. The van der Waals surface area contributed by atoms with Gasteiger partial charge in [0.15, 0.2) is 0 Å². The molecule has 3 heterocycles. The minimum atomic E-state index is -0.574. The number of imidazole rings is 1. The van der Waals surface area contributed by atoms with Crippen LogP contribution in [0.1, 0.15) is 42.3 Å². The molecule has 31 heavy (non-hydrogen) atoms. The fraction of sp³-hybridized carbons (Fsp3) is 0.348. The number of anilines is 1. The molecule has 2 N–H and O–H groups in total. The van der Waals surface area contributed by atoms with E-state index >= 15 is 0 Å². The Morgan fingerprint density at radius 1 is 1.16 bits per heavy atom. The number of benzene rings is 1. The number of pyridine rings is 1. The molecular formula is C23H27FN6O.